The molecule has 0 unspecified atom stereocenters. The van der Waals surface area contributed by atoms with Crippen LogP contribution in [0.5, 0.6) is 0 Å². The average Bonchev–Trinajstić information content (AvgIpc) is 3.43. The summed E-state index contributed by atoms with van der Waals surface area (Å²) in [5, 5.41) is 17.3. The molecule has 1 aliphatic rings. The van der Waals surface area contributed by atoms with Crippen LogP contribution < -0.4 is 10.2 Å². The van der Waals surface area contributed by atoms with Gasteiger partial charge < -0.3 is 20.4 Å². The Kier molecular flexibility index (Phi) is 8.59. The molecule has 180 valence electrons. The average molecular weight is 636 g/mol. The standard InChI is InChI=1S/C18H19N5.C9H13N.Pt/c1-3-13-11(2)17(22-20-13)15-9-6-10-16(19-15)18-12-7-4-5-8-14(12)21-23-18;1-9(2,3)8-4-6-10-7-5-8;/h6,9-10H,3-5,7-8H2,1-2H3;4-7H,1-3H3;/q-2;;+2. The van der Waals surface area contributed by atoms with E-state index in [0.717, 1.165) is 59.0 Å². The first-order valence-corrected chi connectivity index (χ1v) is 11.8. The normalized spacial score (nSPS) is 12.9. The summed E-state index contributed by atoms with van der Waals surface area (Å²) in [4.78, 5) is 8.76. The van der Waals surface area contributed by atoms with E-state index in [1.807, 2.05) is 30.6 Å². The summed E-state index contributed by atoms with van der Waals surface area (Å²) < 4.78 is 0. The predicted molar refractivity (Wildman–Crippen MR) is 131 cm³/mol. The third-order valence-corrected chi connectivity index (χ3v) is 6.17. The second-order valence-electron chi connectivity index (χ2n) is 9.55. The second-order valence-corrected chi connectivity index (χ2v) is 9.55. The summed E-state index contributed by atoms with van der Waals surface area (Å²) in [6.07, 6.45) is 9.07. The minimum atomic E-state index is 0. The van der Waals surface area contributed by atoms with Crippen LogP contribution in [0.2, 0.25) is 0 Å². The molecule has 7 heteroatoms. The number of aromatic nitrogens is 6. The molecule has 0 amide bonds. The van der Waals surface area contributed by atoms with Crippen molar-refractivity contribution in [3.8, 4) is 22.8 Å². The molecule has 4 aromatic heterocycles. The van der Waals surface area contributed by atoms with Crippen LogP contribution in [0.25, 0.3) is 22.8 Å². The van der Waals surface area contributed by atoms with Gasteiger partial charge in [0.05, 0.1) is 11.4 Å². The van der Waals surface area contributed by atoms with E-state index in [-0.39, 0.29) is 26.5 Å². The van der Waals surface area contributed by atoms with Crippen LogP contribution in [-0.4, -0.2) is 20.2 Å². The molecule has 0 aromatic carbocycles. The van der Waals surface area contributed by atoms with E-state index in [2.05, 4.69) is 72.1 Å². The van der Waals surface area contributed by atoms with Gasteiger partial charge >= 0.3 is 21.1 Å². The first-order chi connectivity index (χ1) is 15.9. The summed E-state index contributed by atoms with van der Waals surface area (Å²) in [6.45, 7) is 10.7. The van der Waals surface area contributed by atoms with Gasteiger partial charge in [0.25, 0.3) is 0 Å². The largest absolute Gasteiger partial charge is 2.00 e. The van der Waals surface area contributed by atoms with E-state index >= 15 is 0 Å². The fraction of sp³-hybridized carbons (Fsp3) is 0.407. The zero-order valence-electron chi connectivity index (χ0n) is 20.6. The Hall–Kier alpha value is -2.59. The fourth-order valence-corrected chi connectivity index (χ4v) is 4.16. The molecular weight excluding hydrogens is 603 g/mol. The summed E-state index contributed by atoms with van der Waals surface area (Å²) in [7, 11) is 0. The minimum absolute atomic E-state index is 0. The maximum Gasteiger partial charge on any atom is 2.00 e. The van der Waals surface area contributed by atoms with Crippen molar-refractivity contribution in [2.45, 2.75) is 72.1 Å². The quantitative estimate of drug-likeness (QED) is 0.306. The Bertz CT molecular complexity index is 1200. The van der Waals surface area contributed by atoms with Crippen molar-refractivity contribution < 1.29 is 21.1 Å². The number of rotatable bonds is 3. The molecule has 0 saturated heterocycles. The molecular formula is C27H32N6Pt. The molecule has 5 rings (SSSR count). The predicted octanol–water partition coefficient (Wildman–Crippen LogP) is 5.25. The van der Waals surface area contributed by atoms with E-state index in [1.165, 1.54) is 24.0 Å². The monoisotopic (exact) mass is 635 g/mol. The third kappa shape index (κ3) is 5.72. The van der Waals surface area contributed by atoms with Crippen molar-refractivity contribution >= 4 is 0 Å². The molecule has 34 heavy (non-hydrogen) atoms. The summed E-state index contributed by atoms with van der Waals surface area (Å²) in [5.41, 5.74) is 9.73. The molecule has 4 heterocycles. The van der Waals surface area contributed by atoms with Crippen LogP contribution in [0.3, 0.4) is 0 Å². The van der Waals surface area contributed by atoms with E-state index < -0.39 is 0 Å². The molecule has 6 nitrogen and oxygen atoms in total. The number of hydrogen-bond donors (Lipinski definition) is 0. The number of nitrogens with zero attached hydrogens (tertiary/aromatic N) is 6. The van der Waals surface area contributed by atoms with E-state index in [4.69, 9.17) is 4.98 Å². The summed E-state index contributed by atoms with van der Waals surface area (Å²) in [5.74, 6) is 0. The molecule has 0 fully saturated rings. The topological polar surface area (TPSA) is 79.8 Å². The summed E-state index contributed by atoms with van der Waals surface area (Å²) >= 11 is 0. The Morgan fingerprint density at radius 2 is 1.53 bits per heavy atom. The molecule has 0 saturated carbocycles. The van der Waals surface area contributed by atoms with Gasteiger partial charge in [-0.05, 0) is 85.4 Å². The number of aryl methyl sites for hydroxylation is 2. The van der Waals surface area contributed by atoms with Gasteiger partial charge in [0.2, 0.25) is 0 Å². The molecule has 0 radical (unpaired) electrons. The van der Waals surface area contributed by atoms with Crippen molar-refractivity contribution in [1.82, 2.24) is 30.4 Å². The van der Waals surface area contributed by atoms with Gasteiger partial charge in [0.1, 0.15) is 0 Å². The first kappa shape index (κ1) is 26.0. The van der Waals surface area contributed by atoms with Gasteiger partial charge in [-0.25, -0.2) is 0 Å². The molecule has 0 aliphatic heterocycles. The molecule has 0 N–H and O–H groups in total. The Labute approximate surface area is 216 Å². The van der Waals surface area contributed by atoms with Crippen LogP contribution in [0.1, 0.15) is 68.6 Å². The maximum atomic E-state index is 4.80. The second kappa shape index (κ2) is 11.2. The fourth-order valence-electron chi connectivity index (χ4n) is 4.16. The van der Waals surface area contributed by atoms with Gasteiger partial charge in [-0.3, -0.25) is 9.97 Å². The van der Waals surface area contributed by atoms with Crippen molar-refractivity contribution in [3.63, 3.8) is 0 Å². The van der Waals surface area contributed by atoms with Crippen LogP contribution >= 0.6 is 0 Å². The van der Waals surface area contributed by atoms with Gasteiger partial charge in [0, 0.05) is 23.8 Å². The van der Waals surface area contributed by atoms with Crippen molar-refractivity contribution in [2.75, 3.05) is 0 Å². The van der Waals surface area contributed by atoms with E-state index in [0.29, 0.717) is 0 Å². The minimum Gasteiger partial charge on any atom is -0.573 e. The third-order valence-electron chi connectivity index (χ3n) is 6.17. The smallest absolute Gasteiger partial charge is 0.573 e. The number of fused-ring (bicyclic) bond motifs is 1. The zero-order valence-corrected chi connectivity index (χ0v) is 22.8. The number of pyridine rings is 2. The molecule has 0 atom stereocenters. The molecule has 0 spiro atoms. The van der Waals surface area contributed by atoms with Crippen molar-refractivity contribution in [3.05, 3.63) is 70.8 Å². The van der Waals surface area contributed by atoms with E-state index in [1.54, 1.807) is 0 Å². The Morgan fingerprint density at radius 3 is 2.15 bits per heavy atom. The SMILES string of the molecule is CC(C)(C)c1ccncc1.CCc1n[n-]c(-c2cccc(-c3[n-]nc4c3CCCC4)n2)c1C.[Pt+2]. The first-order valence-electron chi connectivity index (χ1n) is 11.8. The molecule has 0 bridgehead atoms. The summed E-state index contributed by atoms with van der Waals surface area (Å²) in [6, 6.07) is 10.1. The number of hydrogen-bond acceptors (Lipinski definition) is 4. The maximum absolute atomic E-state index is 4.80. The van der Waals surface area contributed by atoms with Crippen LogP contribution in [0.15, 0.2) is 42.7 Å². The molecule has 1 aliphatic carbocycles. The van der Waals surface area contributed by atoms with E-state index in [9.17, 15) is 0 Å². The van der Waals surface area contributed by atoms with Crippen LogP contribution in [0.4, 0.5) is 0 Å². The van der Waals surface area contributed by atoms with Crippen molar-refractivity contribution in [2.24, 2.45) is 0 Å². The van der Waals surface area contributed by atoms with Gasteiger partial charge in [-0.15, -0.1) is 0 Å². The van der Waals surface area contributed by atoms with Crippen LogP contribution in [0, 0.1) is 6.92 Å². The van der Waals surface area contributed by atoms with Gasteiger partial charge in [0.15, 0.2) is 0 Å². The zero-order chi connectivity index (χ0) is 23.4. The molecule has 4 aromatic rings. The van der Waals surface area contributed by atoms with Crippen LogP contribution in [-0.2, 0) is 45.7 Å². The Balaban J connectivity index is 0.000000250. The van der Waals surface area contributed by atoms with Crippen molar-refractivity contribution in [1.29, 1.82) is 0 Å². The van der Waals surface area contributed by atoms with Gasteiger partial charge in [-0.1, -0.05) is 45.1 Å². The Morgan fingerprint density at radius 1 is 0.882 bits per heavy atom. The van der Waals surface area contributed by atoms with Gasteiger partial charge in [-0.2, -0.15) is 0 Å².